The Bertz CT molecular complexity index is 705. The van der Waals surface area contributed by atoms with Crippen LogP contribution in [0.25, 0.3) is 0 Å². The number of morpholine rings is 1. The molecule has 138 valence electrons. The van der Waals surface area contributed by atoms with E-state index in [1.807, 2.05) is 44.2 Å². The van der Waals surface area contributed by atoms with Crippen LogP contribution in [0.1, 0.15) is 32.3 Å². The van der Waals surface area contributed by atoms with Gasteiger partial charge in [0.15, 0.2) is 0 Å². The standard InChI is InChI=1S/C20H25N3O3/c1-15-18(19(25)22-10-8-20(2,14-21)9-11-22)23(17(24)13-26-15)12-16-6-4-3-5-7-16/h3-7,15,18H,8-13H2,1-2H3/t15-,18+/m1/s1. The molecule has 2 saturated heterocycles. The van der Waals surface area contributed by atoms with Crippen molar-refractivity contribution in [2.75, 3.05) is 19.7 Å². The zero-order valence-corrected chi connectivity index (χ0v) is 15.4. The van der Waals surface area contributed by atoms with Crippen LogP contribution in [0.5, 0.6) is 0 Å². The number of nitrogens with zero attached hydrogens (tertiary/aromatic N) is 3. The van der Waals surface area contributed by atoms with Gasteiger partial charge in [-0.05, 0) is 32.3 Å². The molecule has 6 heteroatoms. The van der Waals surface area contributed by atoms with Crippen LogP contribution < -0.4 is 0 Å². The van der Waals surface area contributed by atoms with Gasteiger partial charge in [0, 0.05) is 19.6 Å². The van der Waals surface area contributed by atoms with Gasteiger partial charge in [-0.25, -0.2) is 0 Å². The summed E-state index contributed by atoms with van der Waals surface area (Å²) in [4.78, 5) is 29.1. The van der Waals surface area contributed by atoms with E-state index in [0.29, 0.717) is 32.5 Å². The van der Waals surface area contributed by atoms with Gasteiger partial charge in [0.1, 0.15) is 12.6 Å². The molecule has 26 heavy (non-hydrogen) atoms. The first-order chi connectivity index (χ1) is 12.4. The largest absolute Gasteiger partial charge is 0.366 e. The highest BCUT2D eigenvalue weighted by Gasteiger charge is 2.42. The van der Waals surface area contributed by atoms with Gasteiger partial charge >= 0.3 is 0 Å². The molecule has 2 heterocycles. The third kappa shape index (κ3) is 3.73. The topological polar surface area (TPSA) is 73.6 Å². The van der Waals surface area contributed by atoms with Crippen LogP contribution >= 0.6 is 0 Å². The van der Waals surface area contributed by atoms with Crippen molar-refractivity contribution in [2.45, 2.75) is 45.4 Å². The molecule has 0 aromatic heterocycles. The van der Waals surface area contributed by atoms with Gasteiger partial charge in [-0.2, -0.15) is 5.26 Å². The Hall–Kier alpha value is -2.39. The van der Waals surface area contributed by atoms with Crippen LogP contribution in [0, 0.1) is 16.7 Å². The minimum absolute atomic E-state index is 0.00425. The predicted octanol–water partition coefficient (Wildman–Crippen LogP) is 1.95. The SMILES string of the molecule is C[C@H]1OCC(=O)N(Cc2ccccc2)[C@@H]1C(=O)N1CCC(C)(C#N)CC1. The van der Waals surface area contributed by atoms with Crippen LogP contribution in [0.15, 0.2) is 30.3 Å². The maximum Gasteiger partial charge on any atom is 0.249 e. The maximum absolute atomic E-state index is 13.2. The summed E-state index contributed by atoms with van der Waals surface area (Å²) >= 11 is 0. The van der Waals surface area contributed by atoms with Crippen molar-refractivity contribution in [3.8, 4) is 6.07 Å². The molecule has 1 aromatic carbocycles. The van der Waals surface area contributed by atoms with Crippen LogP contribution in [0.4, 0.5) is 0 Å². The molecule has 2 aliphatic rings. The van der Waals surface area contributed by atoms with E-state index in [4.69, 9.17) is 4.74 Å². The minimum Gasteiger partial charge on any atom is -0.366 e. The molecule has 3 rings (SSSR count). The normalized spacial score (nSPS) is 25.7. The van der Waals surface area contributed by atoms with E-state index < -0.39 is 6.04 Å². The fourth-order valence-corrected chi connectivity index (χ4v) is 3.61. The van der Waals surface area contributed by atoms with Crippen molar-refractivity contribution in [3.05, 3.63) is 35.9 Å². The van der Waals surface area contributed by atoms with E-state index in [2.05, 4.69) is 6.07 Å². The fourth-order valence-electron chi connectivity index (χ4n) is 3.61. The smallest absolute Gasteiger partial charge is 0.249 e. The van der Waals surface area contributed by atoms with E-state index in [1.165, 1.54) is 0 Å². The molecular formula is C20H25N3O3. The average molecular weight is 355 g/mol. The van der Waals surface area contributed by atoms with E-state index in [-0.39, 0.29) is 29.9 Å². The highest BCUT2D eigenvalue weighted by atomic mass is 16.5. The summed E-state index contributed by atoms with van der Waals surface area (Å²) in [6, 6.07) is 11.4. The summed E-state index contributed by atoms with van der Waals surface area (Å²) in [5.74, 6) is -0.245. The molecule has 0 saturated carbocycles. The second-order valence-electron chi connectivity index (χ2n) is 7.47. The summed E-state index contributed by atoms with van der Waals surface area (Å²) in [7, 11) is 0. The van der Waals surface area contributed by atoms with E-state index in [9.17, 15) is 14.9 Å². The monoisotopic (exact) mass is 355 g/mol. The second kappa shape index (κ2) is 7.46. The molecule has 6 nitrogen and oxygen atoms in total. The summed E-state index contributed by atoms with van der Waals surface area (Å²) in [5, 5.41) is 9.28. The number of carbonyl (C=O) groups is 2. The van der Waals surface area contributed by atoms with Gasteiger partial charge in [0.25, 0.3) is 0 Å². The average Bonchev–Trinajstić information content (AvgIpc) is 2.66. The molecule has 2 aliphatic heterocycles. The molecule has 0 bridgehead atoms. The highest BCUT2D eigenvalue weighted by Crippen LogP contribution is 2.31. The molecule has 0 unspecified atom stereocenters. The number of hydrogen-bond acceptors (Lipinski definition) is 4. The quantitative estimate of drug-likeness (QED) is 0.831. The third-order valence-corrected chi connectivity index (χ3v) is 5.47. The first-order valence-corrected chi connectivity index (χ1v) is 9.08. The number of hydrogen-bond donors (Lipinski definition) is 0. The Balaban J connectivity index is 1.77. The van der Waals surface area contributed by atoms with E-state index in [0.717, 1.165) is 5.56 Å². The number of rotatable bonds is 3. The van der Waals surface area contributed by atoms with Gasteiger partial charge in [-0.3, -0.25) is 9.59 Å². The van der Waals surface area contributed by atoms with Crippen molar-refractivity contribution < 1.29 is 14.3 Å². The number of amides is 2. The molecule has 2 atom stereocenters. The molecule has 2 amide bonds. The Morgan fingerprint density at radius 3 is 2.58 bits per heavy atom. The number of likely N-dealkylation sites (tertiary alicyclic amines) is 1. The van der Waals surface area contributed by atoms with Crippen molar-refractivity contribution in [2.24, 2.45) is 5.41 Å². The molecule has 0 N–H and O–H groups in total. The Morgan fingerprint density at radius 1 is 1.31 bits per heavy atom. The highest BCUT2D eigenvalue weighted by molar-refractivity contribution is 5.89. The van der Waals surface area contributed by atoms with Crippen molar-refractivity contribution in [3.63, 3.8) is 0 Å². The minimum atomic E-state index is -0.622. The van der Waals surface area contributed by atoms with Crippen molar-refractivity contribution in [1.82, 2.24) is 9.80 Å². The van der Waals surface area contributed by atoms with Crippen LogP contribution in [-0.2, 0) is 20.9 Å². The van der Waals surface area contributed by atoms with E-state index in [1.54, 1.807) is 9.80 Å². The lowest BCUT2D eigenvalue weighted by molar-refractivity contribution is -0.168. The third-order valence-electron chi connectivity index (χ3n) is 5.47. The molecule has 2 fully saturated rings. The van der Waals surface area contributed by atoms with Crippen LogP contribution in [-0.4, -0.2) is 53.5 Å². The Kier molecular flexibility index (Phi) is 5.28. The molecule has 0 spiro atoms. The van der Waals surface area contributed by atoms with Gasteiger partial charge in [0.05, 0.1) is 17.6 Å². The first-order valence-electron chi connectivity index (χ1n) is 9.08. The van der Waals surface area contributed by atoms with Gasteiger partial charge in [-0.15, -0.1) is 0 Å². The first kappa shape index (κ1) is 18.4. The van der Waals surface area contributed by atoms with Gasteiger partial charge in [0.2, 0.25) is 11.8 Å². The molecule has 0 aliphatic carbocycles. The molecular weight excluding hydrogens is 330 g/mol. The number of nitriles is 1. The number of ether oxygens (including phenoxy) is 1. The molecule has 0 radical (unpaired) electrons. The van der Waals surface area contributed by atoms with Crippen molar-refractivity contribution in [1.29, 1.82) is 5.26 Å². The van der Waals surface area contributed by atoms with Gasteiger partial charge < -0.3 is 14.5 Å². The summed E-state index contributed by atoms with van der Waals surface area (Å²) in [6.07, 6.45) is 0.960. The maximum atomic E-state index is 13.2. The lowest BCUT2D eigenvalue weighted by Crippen LogP contribution is -2.61. The zero-order valence-electron chi connectivity index (χ0n) is 15.4. The lowest BCUT2D eigenvalue weighted by Gasteiger charge is -2.43. The summed E-state index contributed by atoms with van der Waals surface area (Å²) in [6.45, 7) is 5.26. The summed E-state index contributed by atoms with van der Waals surface area (Å²) < 4.78 is 5.55. The zero-order chi connectivity index (χ0) is 18.7. The second-order valence-corrected chi connectivity index (χ2v) is 7.47. The molecule has 1 aromatic rings. The lowest BCUT2D eigenvalue weighted by atomic mass is 9.82. The predicted molar refractivity (Wildman–Crippen MR) is 95.7 cm³/mol. The number of benzene rings is 1. The van der Waals surface area contributed by atoms with Crippen LogP contribution in [0.3, 0.4) is 0 Å². The van der Waals surface area contributed by atoms with Crippen molar-refractivity contribution >= 4 is 11.8 Å². The Morgan fingerprint density at radius 2 is 1.96 bits per heavy atom. The summed E-state index contributed by atoms with van der Waals surface area (Å²) in [5.41, 5.74) is 0.619. The fraction of sp³-hybridized carbons (Fsp3) is 0.550. The van der Waals surface area contributed by atoms with Gasteiger partial charge in [-0.1, -0.05) is 30.3 Å². The number of piperidine rings is 1. The van der Waals surface area contributed by atoms with E-state index >= 15 is 0 Å². The Labute approximate surface area is 154 Å². The number of carbonyl (C=O) groups excluding carboxylic acids is 2. The van der Waals surface area contributed by atoms with Crippen LogP contribution in [0.2, 0.25) is 0 Å².